The summed E-state index contributed by atoms with van der Waals surface area (Å²) in [7, 11) is 1.93. The zero-order valence-electron chi connectivity index (χ0n) is 14.0. The lowest BCUT2D eigenvalue weighted by atomic mass is 9.81. The van der Waals surface area contributed by atoms with E-state index in [1.54, 1.807) is 0 Å². The summed E-state index contributed by atoms with van der Waals surface area (Å²) < 4.78 is 1.82. The van der Waals surface area contributed by atoms with E-state index in [4.69, 9.17) is 0 Å². The molecule has 126 valence electrons. The Morgan fingerprint density at radius 1 is 1.22 bits per heavy atom. The molecule has 5 heteroatoms. The van der Waals surface area contributed by atoms with Crippen LogP contribution in [0.1, 0.15) is 63.0 Å². The molecule has 2 aliphatic carbocycles. The predicted molar refractivity (Wildman–Crippen MR) is 88.7 cm³/mol. The van der Waals surface area contributed by atoms with Gasteiger partial charge in [-0.15, -0.1) is 0 Å². The largest absolute Gasteiger partial charge is 0.348 e. The zero-order valence-corrected chi connectivity index (χ0v) is 14.0. The number of nitrogens with zero attached hydrogens (tertiary/aromatic N) is 2. The lowest BCUT2D eigenvalue weighted by Gasteiger charge is -2.38. The van der Waals surface area contributed by atoms with Crippen LogP contribution in [-0.2, 0) is 11.8 Å². The number of nitrogens with one attached hydrogen (secondary N) is 2. The summed E-state index contributed by atoms with van der Waals surface area (Å²) in [6, 6.07) is 1.01. The molecule has 1 amide bonds. The van der Waals surface area contributed by atoms with Gasteiger partial charge in [0.15, 0.2) is 0 Å². The molecular weight excluding hydrogens is 288 g/mol. The van der Waals surface area contributed by atoms with Gasteiger partial charge >= 0.3 is 0 Å². The molecule has 0 radical (unpaired) electrons. The fourth-order valence-corrected chi connectivity index (χ4v) is 4.57. The van der Waals surface area contributed by atoms with E-state index >= 15 is 0 Å². The van der Waals surface area contributed by atoms with E-state index in [1.165, 1.54) is 38.5 Å². The van der Waals surface area contributed by atoms with Gasteiger partial charge in [0.1, 0.15) is 0 Å². The summed E-state index contributed by atoms with van der Waals surface area (Å²) in [4.78, 5) is 11.9. The van der Waals surface area contributed by atoms with Gasteiger partial charge in [-0.2, -0.15) is 5.10 Å². The summed E-state index contributed by atoms with van der Waals surface area (Å²) in [6.45, 7) is 0. The molecule has 2 saturated carbocycles. The molecule has 2 N–H and O–H groups in total. The highest BCUT2D eigenvalue weighted by atomic mass is 16.1. The molecule has 1 aliphatic heterocycles. The minimum atomic E-state index is 0.0613. The maximum atomic E-state index is 11.9. The minimum absolute atomic E-state index is 0.0613. The second-order valence-corrected chi connectivity index (χ2v) is 7.77. The van der Waals surface area contributed by atoms with Gasteiger partial charge in [-0.05, 0) is 43.9 Å². The molecule has 0 aromatic carbocycles. The zero-order chi connectivity index (χ0) is 15.8. The Kier molecular flexibility index (Phi) is 4.14. The maximum Gasteiger partial charge on any atom is 0.220 e. The third-order valence-electron chi connectivity index (χ3n) is 5.94. The average molecular weight is 316 g/mol. The van der Waals surface area contributed by atoms with Gasteiger partial charge in [0.25, 0.3) is 0 Å². The van der Waals surface area contributed by atoms with Crippen molar-refractivity contribution in [1.29, 1.82) is 0 Å². The average Bonchev–Trinajstić information content (AvgIpc) is 3.31. The van der Waals surface area contributed by atoms with Crippen LogP contribution in [0.4, 0.5) is 0 Å². The van der Waals surface area contributed by atoms with E-state index in [1.807, 2.05) is 24.1 Å². The third-order valence-corrected chi connectivity index (χ3v) is 5.94. The van der Waals surface area contributed by atoms with Crippen LogP contribution in [0.3, 0.4) is 0 Å². The molecule has 3 fully saturated rings. The van der Waals surface area contributed by atoms with Crippen molar-refractivity contribution in [2.75, 3.05) is 0 Å². The highest BCUT2D eigenvalue weighted by molar-refractivity contribution is 5.77. The molecule has 2 heterocycles. The summed E-state index contributed by atoms with van der Waals surface area (Å²) in [5, 5.41) is 11.4. The number of carbonyl (C=O) groups excluding carboxylic acids is 1. The van der Waals surface area contributed by atoms with Crippen molar-refractivity contribution < 1.29 is 4.79 Å². The van der Waals surface area contributed by atoms with Crippen LogP contribution in [0.15, 0.2) is 12.4 Å². The van der Waals surface area contributed by atoms with Gasteiger partial charge in [0, 0.05) is 37.3 Å². The first-order valence-corrected chi connectivity index (χ1v) is 9.23. The second-order valence-electron chi connectivity index (χ2n) is 7.77. The minimum Gasteiger partial charge on any atom is -0.348 e. The van der Waals surface area contributed by atoms with Crippen molar-refractivity contribution in [3.63, 3.8) is 0 Å². The Labute approximate surface area is 138 Å². The molecule has 1 saturated heterocycles. The fraction of sp³-hybridized carbons (Fsp3) is 0.778. The van der Waals surface area contributed by atoms with Gasteiger partial charge in [0.05, 0.1) is 12.2 Å². The second kappa shape index (κ2) is 6.27. The molecule has 3 aliphatic rings. The van der Waals surface area contributed by atoms with Crippen molar-refractivity contribution in [3.8, 4) is 0 Å². The van der Waals surface area contributed by atoms with Gasteiger partial charge in [-0.25, -0.2) is 0 Å². The van der Waals surface area contributed by atoms with E-state index in [9.17, 15) is 4.79 Å². The molecular formula is C18H28N4O. The number of hydrogen-bond donors (Lipinski definition) is 2. The SMILES string of the molecule is Cn1cc([C@@H]2NC(=O)CC[C@H]2N[C@@H]2CCC[C@@H](C3CC3)C2)cn1. The Morgan fingerprint density at radius 2 is 2.09 bits per heavy atom. The van der Waals surface area contributed by atoms with Crippen LogP contribution in [0.25, 0.3) is 0 Å². The predicted octanol–water partition coefficient (Wildman–Crippen LogP) is 2.30. The number of aromatic nitrogens is 2. The van der Waals surface area contributed by atoms with Crippen LogP contribution in [-0.4, -0.2) is 27.8 Å². The summed E-state index contributed by atoms with van der Waals surface area (Å²) >= 11 is 0. The van der Waals surface area contributed by atoms with Gasteiger partial charge in [-0.1, -0.05) is 12.8 Å². The monoisotopic (exact) mass is 316 g/mol. The van der Waals surface area contributed by atoms with Crippen LogP contribution >= 0.6 is 0 Å². The Morgan fingerprint density at radius 3 is 2.83 bits per heavy atom. The van der Waals surface area contributed by atoms with Gasteiger partial charge in [0.2, 0.25) is 5.91 Å². The van der Waals surface area contributed by atoms with Crippen molar-refractivity contribution in [2.24, 2.45) is 18.9 Å². The number of hydrogen-bond acceptors (Lipinski definition) is 3. The molecule has 0 unspecified atom stereocenters. The van der Waals surface area contributed by atoms with E-state index in [-0.39, 0.29) is 11.9 Å². The first kappa shape index (κ1) is 15.2. The lowest BCUT2D eigenvalue weighted by Crippen LogP contribution is -2.52. The molecule has 4 atom stereocenters. The molecule has 4 rings (SSSR count). The van der Waals surface area contributed by atoms with Crippen LogP contribution in [0.2, 0.25) is 0 Å². The van der Waals surface area contributed by atoms with E-state index in [0.29, 0.717) is 18.5 Å². The highest BCUT2D eigenvalue weighted by Crippen LogP contribution is 2.44. The number of aryl methyl sites for hydroxylation is 1. The normalized spacial score (nSPS) is 35.1. The third kappa shape index (κ3) is 3.44. The number of amides is 1. The number of carbonyl (C=O) groups is 1. The lowest BCUT2D eigenvalue weighted by molar-refractivity contribution is -0.124. The van der Waals surface area contributed by atoms with E-state index in [2.05, 4.69) is 15.7 Å². The van der Waals surface area contributed by atoms with Crippen LogP contribution < -0.4 is 10.6 Å². The first-order valence-electron chi connectivity index (χ1n) is 9.23. The van der Waals surface area contributed by atoms with Crippen molar-refractivity contribution >= 4 is 5.91 Å². The Hall–Kier alpha value is -1.36. The van der Waals surface area contributed by atoms with Gasteiger partial charge < -0.3 is 10.6 Å². The molecule has 1 aromatic rings. The van der Waals surface area contributed by atoms with Crippen molar-refractivity contribution in [3.05, 3.63) is 18.0 Å². The smallest absolute Gasteiger partial charge is 0.220 e. The number of rotatable bonds is 4. The van der Waals surface area contributed by atoms with Crippen LogP contribution in [0, 0.1) is 11.8 Å². The Balaban J connectivity index is 1.43. The molecule has 0 bridgehead atoms. The summed E-state index contributed by atoms with van der Waals surface area (Å²) in [6.07, 6.45) is 13.8. The topological polar surface area (TPSA) is 59.0 Å². The maximum absolute atomic E-state index is 11.9. The summed E-state index contributed by atoms with van der Waals surface area (Å²) in [5.41, 5.74) is 1.12. The quantitative estimate of drug-likeness (QED) is 0.896. The summed E-state index contributed by atoms with van der Waals surface area (Å²) in [5.74, 6) is 2.12. The van der Waals surface area contributed by atoms with E-state index < -0.39 is 0 Å². The molecule has 1 aromatic heterocycles. The number of piperidine rings is 1. The highest BCUT2D eigenvalue weighted by Gasteiger charge is 2.37. The molecule has 5 nitrogen and oxygen atoms in total. The standard InChI is InChI=1S/C18H28N4O/c1-22-11-14(10-19-22)18-16(7-8-17(23)21-18)20-15-4-2-3-13(9-15)12-5-6-12/h10-13,15-16,18,20H,2-9H2,1H3,(H,21,23)/t13-,15-,16-,18+/m1/s1. The van der Waals surface area contributed by atoms with Crippen LogP contribution in [0.5, 0.6) is 0 Å². The van der Waals surface area contributed by atoms with Crippen molar-refractivity contribution in [1.82, 2.24) is 20.4 Å². The molecule has 23 heavy (non-hydrogen) atoms. The molecule has 0 spiro atoms. The Bertz CT molecular complexity index is 565. The fourth-order valence-electron chi connectivity index (χ4n) is 4.57. The van der Waals surface area contributed by atoms with Crippen molar-refractivity contribution in [2.45, 2.75) is 69.5 Å². The van der Waals surface area contributed by atoms with Gasteiger partial charge in [-0.3, -0.25) is 9.48 Å². The van der Waals surface area contributed by atoms with E-state index in [0.717, 1.165) is 23.8 Å². The first-order chi connectivity index (χ1) is 11.2.